The van der Waals surface area contributed by atoms with Gasteiger partial charge in [-0.15, -0.1) is 0 Å². The van der Waals surface area contributed by atoms with E-state index in [9.17, 15) is 4.79 Å². The van der Waals surface area contributed by atoms with E-state index >= 15 is 0 Å². The lowest BCUT2D eigenvalue weighted by molar-refractivity contribution is -0.122. The summed E-state index contributed by atoms with van der Waals surface area (Å²) >= 11 is 0. The fourth-order valence-electron chi connectivity index (χ4n) is 1.07. The van der Waals surface area contributed by atoms with Crippen molar-refractivity contribution in [1.29, 1.82) is 0 Å². The van der Waals surface area contributed by atoms with Gasteiger partial charge in [-0.1, -0.05) is 13.8 Å². The average molecular weight is 250 g/mol. The molecule has 0 aliphatic carbocycles. The van der Waals surface area contributed by atoms with Crippen LogP contribution in [-0.4, -0.2) is 52.5 Å². The summed E-state index contributed by atoms with van der Waals surface area (Å²) in [7, 11) is 1.88. The van der Waals surface area contributed by atoms with Gasteiger partial charge in [-0.25, -0.2) is 0 Å². The van der Waals surface area contributed by atoms with Crippen LogP contribution in [-0.2, 0) is 14.3 Å². The maximum atomic E-state index is 11.3. The lowest BCUT2D eigenvalue weighted by Crippen LogP contribution is -2.28. The van der Waals surface area contributed by atoms with Gasteiger partial charge in [0.15, 0.2) is 0 Å². The molecule has 106 valence electrons. The minimum Gasteiger partial charge on any atom is -0.379 e. The van der Waals surface area contributed by atoms with E-state index < -0.39 is 0 Å². The third kappa shape index (κ3) is 13.3. The summed E-state index contributed by atoms with van der Waals surface area (Å²) in [6.07, 6.45) is 0.420. The maximum absolute atomic E-state index is 11.3. The zero-order valence-electron chi connectivity index (χ0n) is 11.3. The number of nitrogens with one attached hydrogen (secondary N) is 2. The predicted molar refractivity (Wildman–Crippen MR) is 72.3 cm³/mol. The van der Waals surface area contributed by atoms with Crippen LogP contribution in [0, 0.1) is 5.92 Å². The number of carbonyl (C=O) groups is 1. The third-order valence-corrected chi connectivity index (χ3v) is 2.05. The topological polar surface area (TPSA) is 59.6 Å². The minimum atomic E-state index is 0. The molecule has 2 N–H and O–H groups in total. The van der Waals surface area contributed by atoms with Gasteiger partial charge < -0.3 is 20.1 Å². The Balaban J connectivity index is -0.00000128. The molecule has 0 unspecified atom stereocenters. The first kappa shape index (κ1) is 16.4. The highest BCUT2D eigenvalue weighted by Crippen LogP contribution is 1.89. The third-order valence-electron chi connectivity index (χ3n) is 2.05. The second-order valence-electron chi connectivity index (χ2n) is 4.28. The van der Waals surface area contributed by atoms with E-state index in [0.29, 0.717) is 38.8 Å². The van der Waals surface area contributed by atoms with Gasteiger partial charge in [0.1, 0.15) is 0 Å². The lowest BCUT2D eigenvalue weighted by atomic mass is 10.2. The van der Waals surface area contributed by atoms with Gasteiger partial charge in [0.05, 0.1) is 26.4 Å². The van der Waals surface area contributed by atoms with E-state index in [2.05, 4.69) is 24.5 Å². The Kier molecular flexibility index (Phi) is 11.4. The lowest BCUT2D eigenvalue weighted by Gasteiger charge is -2.08. The van der Waals surface area contributed by atoms with Crippen LogP contribution in [0.3, 0.4) is 0 Å². The Morgan fingerprint density at radius 3 is 2.41 bits per heavy atom. The van der Waals surface area contributed by atoms with Crippen LogP contribution >= 0.6 is 0 Å². The maximum Gasteiger partial charge on any atom is 0.222 e. The van der Waals surface area contributed by atoms with Crippen LogP contribution < -0.4 is 10.6 Å². The summed E-state index contributed by atoms with van der Waals surface area (Å²) in [6.45, 7) is 7.98. The van der Waals surface area contributed by atoms with Crippen LogP contribution in [0.4, 0.5) is 0 Å². The molecular weight excluding hydrogens is 220 g/mol. The Morgan fingerprint density at radius 1 is 1.18 bits per heavy atom. The molecular formula is C12H30N2O3. The van der Waals surface area contributed by atoms with Gasteiger partial charge in [0, 0.05) is 22.4 Å². The highest BCUT2D eigenvalue weighted by molar-refractivity contribution is 5.75. The first-order valence-corrected chi connectivity index (χ1v) is 6.23. The monoisotopic (exact) mass is 250 g/mol. The molecule has 17 heavy (non-hydrogen) atoms. The SMILES string of the molecule is CNCCOCCOCCC(=O)NCC(C)C.[HH].[HH]. The fraction of sp³-hybridized carbons (Fsp3) is 0.917. The number of rotatable bonds is 11. The average Bonchev–Trinajstić information content (AvgIpc) is 2.30. The van der Waals surface area contributed by atoms with E-state index in [4.69, 9.17) is 9.47 Å². The molecule has 0 aliphatic rings. The molecule has 5 heteroatoms. The van der Waals surface area contributed by atoms with Crippen molar-refractivity contribution in [2.24, 2.45) is 5.92 Å². The molecule has 0 aromatic heterocycles. The van der Waals surface area contributed by atoms with Crippen molar-refractivity contribution < 1.29 is 17.1 Å². The van der Waals surface area contributed by atoms with E-state index in [1.54, 1.807) is 0 Å². The Bertz CT molecular complexity index is 196. The summed E-state index contributed by atoms with van der Waals surface area (Å²) in [6, 6.07) is 0. The highest BCUT2D eigenvalue weighted by Gasteiger charge is 2.01. The van der Waals surface area contributed by atoms with Crippen LogP contribution in [0.25, 0.3) is 0 Å². The Morgan fingerprint density at radius 2 is 1.82 bits per heavy atom. The van der Waals surface area contributed by atoms with Crippen molar-refractivity contribution in [2.75, 3.05) is 46.6 Å². The number of hydrogen-bond donors (Lipinski definition) is 2. The number of likely N-dealkylation sites (N-methyl/N-ethyl adjacent to an activating group) is 1. The zero-order chi connectivity index (χ0) is 12.9. The van der Waals surface area contributed by atoms with Crippen molar-refractivity contribution >= 4 is 5.91 Å². The highest BCUT2D eigenvalue weighted by atomic mass is 16.5. The first-order chi connectivity index (χ1) is 8.16. The second-order valence-corrected chi connectivity index (χ2v) is 4.28. The summed E-state index contributed by atoms with van der Waals surface area (Å²) in [5.41, 5.74) is 0. The normalized spacial score (nSPS) is 10.8. The van der Waals surface area contributed by atoms with Crippen LogP contribution in [0.1, 0.15) is 23.1 Å². The van der Waals surface area contributed by atoms with Crippen molar-refractivity contribution in [3.63, 3.8) is 0 Å². The fourth-order valence-corrected chi connectivity index (χ4v) is 1.07. The van der Waals surface area contributed by atoms with E-state index in [-0.39, 0.29) is 8.76 Å². The molecule has 5 nitrogen and oxygen atoms in total. The number of carbonyl (C=O) groups excluding carboxylic acids is 1. The molecule has 0 fully saturated rings. The Hall–Kier alpha value is -0.650. The van der Waals surface area contributed by atoms with E-state index in [0.717, 1.165) is 13.1 Å². The summed E-state index contributed by atoms with van der Waals surface area (Å²) in [5, 5.41) is 5.83. The van der Waals surface area contributed by atoms with Crippen LogP contribution in [0.5, 0.6) is 0 Å². The first-order valence-electron chi connectivity index (χ1n) is 6.23. The molecule has 0 saturated heterocycles. The van der Waals surface area contributed by atoms with Crippen LogP contribution in [0.15, 0.2) is 0 Å². The molecule has 0 spiro atoms. The summed E-state index contributed by atoms with van der Waals surface area (Å²) < 4.78 is 10.6. The van der Waals surface area contributed by atoms with E-state index in [1.165, 1.54) is 0 Å². The van der Waals surface area contributed by atoms with Crippen molar-refractivity contribution in [3.8, 4) is 0 Å². The van der Waals surface area contributed by atoms with Gasteiger partial charge in [0.2, 0.25) is 5.91 Å². The summed E-state index contributed by atoms with van der Waals surface area (Å²) in [4.78, 5) is 11.3. The van der Waals surface area contributed by atoms with Crippen molar-refractivity contribution in [1.82, 2.24) is 10.6 Å². The number of amides is 1. The standard InChI is InChI=1S/C12H26N2O3.2H2/c1-11(2)10-14-12(15)4-6-16-8-9-17-7-5-13-3;;/h11,13H,4-10H2,1-3H3,(H,14,15);2*1H. The van der Waals surface area contributed by atoms with Crippen LogP contribution in [0.2, 0.25) is 0 Å². The molecule has 0 aromatic carbocycles. The molecule has 0 atom stereocenters. The van der Waals surface area contributed by atoms with E-state index in [1.807, 2.05) is 7.05 Å². The molecule has 0 bridgehead atoms. The smallest absolute Gasteiger partial charge is 0.222 e. The molecule has 0 rings (SSSR count). The molecule has 0 aromatic rings. The molecule has 0 heterocycles. The Labute approximate surface area is 107 Å². The number of ether oxygens (including phenoxy) is 2. The minimum absolute atomic E-state index is 0. The molecule has 0 saturated carbocycles. The van der Waals surface area contributed by atoms with Gasteiger partial charge in [0.25, 0.3) is 0 Å². The zero-order valence-corrected chi connectivity index (χ0v) is 11.3. The molecule has 1 amide bonds. The van der Waals surface area contributed by atoms with Gasteiger partial charge in [-0.3, -0.25) is 4.79 Å². The van der Waals surface area contributed by atoms with Gasteiger partial charge in [-0.2, -0.15) is 0 Å². The largest absolute Gasteiger partial charge is 0.379 e. The molecule has 0 aliphatic heterocycles. The second kappa shape index (κ2) is 11.8. The predicted octanol–water partition coefficient (Wildman–Crippen LogP) is 0.893. The van der Waals surface area contributed by atoms with Gasteiger partial charge >= 0.3 is 0 Å². The van der Waals surface area contributed by atoms with Crippen molar-refractivity contribution in [3.05, 3.63) is 0 Å². The summed E-state index contributed by atoms with van der Waals surface area (Å²) in [5.74, 6) is 0.537. The van der Waals surface area contributed by atoms with Crippen molar-refractivity contribution in [2.45, 2.75) is 20.3 Å². The molecule has 0 radical (unpaired) electrons. The number of hydrogen-bond acceptors (Lipinski definition) is 4. The quantitative estimate of drug-likeness (QED) is 0.535. The van der Waals surface area contributed by atoms with Gasteiger partial charge in [-0.05, 0) is 13.0 Å².